The average molecular weight is 268 g/mol. The van der Waals surface area contributed by atoms with Crippen molar-refractivity contribution in [2.24, 2.45) is 4.99 Å². The van der Waals surface area contributed by atoms with Crippen LogP contribution in [0.3, 0.4) is 0 Å². The molecule has 1 N–H and O–H groups in total. The summed E-state index contributed by atoms with van der Waals surface area (Å²) in [5, 5.41) is 2.93. The normalized spacial score (nSPS) is 18.4. The lowest BCUT2D eigenvalue weighted by Crippen LogP contribution is -2.44. The Balaban J connectivity index is 2.17. The first-order valence-electron chi connectivity index (χ1n) is 7.15. The van der Waals surface area contributed by atoms with Gasteiger partial charge in [0.05, 0.1) is 5.84 Å². The second kappa shape index (κ2) is 8.67. The topological polar surface area (TPSA) is 67.8 Å². The number of esters is 2. The van der Waals surface area contributed by atoms with Crippen molar-refractivity contribution < 1.29 is 14.3 Å². The highest BCUT2D eigenvalue weighted by Gasteiger charge is 2.24. The lowest BCUT2D eigenvalue weighted by molar-refractivity contribution is -0.161. The Morgan fingerprint density at radius 1 is 1.32 bits per heavy atom. The molecule has 0 aliphatic carbocycles. The van der Waals surface area contributed by atoms with Gasteiger partial charge in [-0.05, 0) is 19.8 Å². The highest BCUT2D eigenvalue weighted by atomic mass is 16.6. The van der Waals surface area contributed by atoms with Crippen LogP contribution in [0, 0.1) is 0 Å². The molecule has 0 amide bonds. The quantitative estimate of drug-likeness (QED) is 0.436. The van der Waals surface area contributed by atoms with Crippen LogP contribution >= 0.6 is 0 Å². The number of carbonyl (C=O) groups is 2. The summed E-state index contributed by atoms with van der Waals surface area (Å²) in [4.78, 5) is 27.4. The van der Waals surface area contributed by atoms with Crippen molar-refractivity contribution in [2.75, 3.05) is 6.54 Å². The Morgan fingerprint density at radius 3 is 2.74 bits per heavy atom. The zero-order valence-corrected chi connectivity index (χ0v) is 11.9. The number of hydrogen-bond donors (Lipinski definition) is 1. The van der Waals surface area contributed by atoms with Crippen molar-refractivity contribution in [3.63, 3.8) is 0 Å². The first kappa shape index (κ1) is 15.7. The molecule has 5 heteroatoms. The molecule has 1 atom stereocenters. The van der Waals surface area contributed by atoms with Gasteiger partial charge in [-0.3, -0.25) is 9.79 Å². The van der Waals surface area contributed by atoms with Crippen molar-refractivity contribution >= 4 is 17.8 Å². The van der Waals surface area contributed by atoms with Crippen LogP contribution in [0.2, 0.25) is 0 Å². The molecule has 19 heavy (non-hydrogen) atoms. The molecule has 108 valence electrons. The number of aliphatic imine (C=N–C) groups is 1. The highest BCUT2D eigenvalue weighted by Crippen LogP contribution is 2.07. The zero-order valence-electron chi connectivity index (χ0n) is 11.9. The molecule has 0 saturated heterocycles. The summed E-state index contributed by atoms with van der Waals surface area (Å²) in [6.45, 7) is 4.55. The predicted octanol–water partition coefficient (Wildman–Crippen LogP) is 2.20. The van der Waals surface area contributed by atoms with Crippen molar-refractivity contribution in [3.8, 4) is 0 Å². The van der Waals surface area contributed by atoms with E-state index in [2.05, 4.69) is 17.2 Å². The molecular weight excluding hydrogens is 244 g/mol. The lowest BCUT2D eigenvalue weighted by atomic mass is 10.1. The number of ether oxygens (including phenoxy) is 1. The molecule has 1 heterocycles. The van der Waals surface area contributed by atoms with Gasteiger partial charge >= 0.3 is 11.9 Å². The highest BCUT2D eigenvalue weighted by molar-refractivity contribution is 5.92. The minimum atomic E-state index is -0.479. The fourth-order valence-corrected chi connectivity index (χ4v) is 2.02. The van der Waals surface area contributed by atoms with Crippen molar-refractivity contribution in [1.29, 1.82) is 0 Å². The fraction of sp³-hybridized carbons (Fsp3) is 0.786. The molecule has 0 saturated carbocycles. The van der Waals surface area contributed by atoms with Gasteiger partial charge in [0.25, 0.3) is 0 Å². The second-order valence-electron chi connectivity index (χ2n) is 4.91. The summed E-state index contributed by atoms with van der Waals surface area (Å²) in [6, 6.07) is -0.429. The number of nitrogens with zero attached hydrogens (tertiary/aromatic N) is 1. The van der Waals surface area contributed by atoms with Crippen LogP contribution in [0.4, 0.5) is 0 Å². The Labute approximate surface area is 114 Å². The summed E-state index contributed by atoms with van der Waals surface area (Å²) in [7, 11) is 0. The number of nitrogens with one attached hydrogen (secondary N) is 1. The molecule has 1 aliphatic heterocycles. The molecule has 0 bridgehead atoms. The molecule has 0 fully saturated rings. The SMILES string of the molecule is CCCCCCCC(=O)OC(=O)C1CCN=C(C)N1. The van der Waals surface area contributed by atoms with Crippen LogP contribution in [0.5, 0.6) is 0 Å². The Hall–Kier alpha value is -1.39. The van der Waals surface area contributed by atoms with Gasteiger partial charge in [0.15, 0.2) is 0 Å². The number of hydrogen-bond acceptors (Lipinski definition) is 5. The van der Waals surface area contributed by atoms with E-state index in [0.717, 1.165) is 25.1 Å². The third-order valence-corrected chi connectivity index (χ3v) is 3.13. The molecule has 0 aromatic carbocycles. The monoisotopic (exact) mass is 268 g/mol. The van der Waals surface area contributed by atoms with Crippen molar-refractivity contribution in [2.45, 2.75) is 64.8 Å². The van der Waals surface area contributed by atoms with E-state index in [1.54, 1.807) is 6.92 Å². The first-order chi connectivity index (χ1) is 9.13. The van der Waals surface area contributed by atoms with Gasteiger partial charge in [-0.2, -0.15) is 0 Å². The molecule has 0 radical (unpaired) electrons. The predicted molar refractivity (Wildman–Crippen MR) is 74.0 cm³/mol. The number of unbranched alkanes of at least 4 members (excludes halogenated alkanes) is 4. The lowest BCUT2D eigenvalue weighted by Gasteiger charge is -2.20. The maximum atomic E-state index is 11.7. The Kier molecular flexibility index (Phi) is 7.15. The molecule has 0 aromatic rings. The van der Waals surface area contributed by atoms with Gasteiger partial charge in [0.1, 0.15) is 6.04 Å². The minimum Gasteiger partial charge on any atom is -0.392 e. The van der Waals surface area contributed by atoms with Crippen molar-refractivity contribution in [1.82, 2.24) is 5.32 Å². The maximum absolute atomic E-state index is 11.7. The first-order valence-corrected chi connectivity index (χ1v) is 7.15. The molecule has 5 nitrogen and oxygen atoms in total. The average Bonchev–Trinajstić information content (AvgIpc) is 2.38. The van der Waals surface area contributed by atoms with E-state index in [9.17, 15) is 9.59 Å². The standard InChI is InChI=1S/C14H24N2O3/c1-3-4-5-6-7-8-13(17)19-14(18)12-9-10-15-11(2)16-12/h12H,3-10H2,1-2H3,(H,15,16). The summed E-state index contributed by atoms with van der Waals surface area (Å²) in [5.41, 5.74) is 0. The minimum absolute atomic E-state index is 0.329. The fourth-order valence-electron chi connectivity index (χ4n) is 2.02. The zero-order chi connectivity index (χ0) is 14.1. The summed E-state index contributed by atoms with van der Waals surface area (Å²) >= 11 is 0. The third-order valence-electron chi connectivity index (χ3n) is 3.13. The van der Waals surface area contributed by atoms with Gasteiger partial charge in [-0.25, -0.2) is 4.79 Å². The van der Waals surface area contributed by atoms with E-state index in [1.807, 2.05) is 0 Å². The molecule has 0 spiro atoms. The molecule has 1 rings (SSSR count). The van der Waals surface area contributed by atoms with Crippen LogP contribution in [0.1, 0.15) is 58.8 Å². The van der Waals surface area contributed by atoms with Crippen LogP contribution in [-0.4, -0.2) is 30.4 Å². The second-order valence-corrected chi connectivity index (χ2v) is 4.91. The Morgan fingerprint density at radius 2 is 2.05 bits per heavy atom. The smallest absolute Gasteiger partial charge is 0.336 e. The maximum Gasteiger partial charge on any atom is 0.336 e. The Bertz CT molecular complexity index is 340. The number of rotatable bonds is 7. The van der Waals surface area contributed by atoms with E-state index in [0.29, 0.717) is 19.4 Å². The van der Waals surface area contributed by atoms with Crippen LogP contribution in [0.25, 0.3) is 0 Å². The summed E-state index contributed by atoms with van der Waals surface area (Å²) in [6.07, 6.45) is 6.23. The van der Waals surface area contributed by atoms with E-state index in [4.69, 9.17) is 4.74 Å². The summed E-state index contributed by atoms with van der Waals surface area (Å²) < 4.78 is 4.85. The molecule has 1 unspecified atom stereocenters. The van der Waals surface area contributed by atoms with E-state index in [-0.39, 0.29) is 0 Å². The van der Waals surface area contributed by atoms with Gasteiger partial charge in [0.2, 0.25) is 0 Å². The van der Waals surface area contributed by atoms with Crippen LogP contribution in [-0.2, 0) is 14.3 Å². The van der Waals surface area contributed by atoms with Crippen LogP contribution in [0.15, 0.2) is 4.99 Å². The van der Waals surface area contributed by atoms with Crippen molar-refractivity contribution in [3.05, 3.63) is 0 Å². The molecule has 0 aromatic heterocycles. The number of carbonyl (C=O) groups excluding carboxylic acids is 2. The largest absolute Gasteiger partial charge is 0.392 e. The molecular formula is C14H24N2O3. The number of amidine groups is 1. The van der Waals surface area contributed by atoms with Gasteiger partial charge < -0.3 is 10.1 Å². The van der Waals surface area contributed by atoms with E-state index < -0.39 is 18.0 Å². The van der Waals surface area contributed by atoms with Gasteiger partial charge in [0, 0.05) is 13.0 Å². The van der Waals surface area contributed by atoms with E-state index >= 15 is 0 Å². The van der Waals surface area contributed by atoms with Gasteiger partial charge in [-0.15, -0.1) is 0 Å². The summed E-state index contributed by atoms with van der Waals surface area (Å²) in [5.74, 6) is -0.170. The van der Waals surface area contributed by atoms with Crippen LogP contribution < -0.4 is 5.32 Å². The van der Waals surface area contributed by atoms with Gasteiger partial charge in [-0.1, -0.05) is 32.6 Å². The van der Waals surface area contributed by atoms with E-state index in [1.165, 1.54) is 12.8 Å². The molecule has 1 aliphatic rings. The third kappa shape index (κ3) is 6.36.